The van der Waals surface area contributed by atoms with Gasteiger partial charge in [0.2, 0.25) is 0 Å². The molecular weight excluding hydrogens is 322 g/mol. The lowest BCUT2D eigenvalue weighted by molar-refractivity contribution is -0.0498. The molecule has 0 spiro atoms. The lowest BCUT2D eigenvalue weighted by atomic mass is 10.2. The molecule has 25 heavy (non-hydrogen) atoms. The van der Waals surface area contributed by atoms with Gasteiger partial charge in [0.15, 0.2) is 0 Å². The second-order valence-corrected chi connectivity index (χ2v) is 5.18. The van der Waals surface area contributed by atoms with Crippen LogP contribution in [0.5, 0.6) is 5.75 Å². The number of ether oxygens (including phenoxy) is 1. The molecule has 0 saturated heterocycles. The molecule has 3 aromatic rings. The van der Waals surface area contributed by atoms with Crippen molar-refractivity contribution in [1.82, 2.24) is 0 Å². The van der Waals surface area contributed by atoms with Gasteiger partial charge in [-0.2, -0.15) is 13.9 Å². The predicted molar refractivity (Wildman–Crippen MR) is 95.7 cm³/mol. The number of hydrazone groups is 1. The molecule has 0 radical (unpaired) electrons. The quantitative estimate of drug-likeness (QED) is 0.440. The minimum absolute atomic E-state index is 0.120. The average molecular weight is 338 g/mol. The van der Waals surface area contributed by atoms with Gasteiger partial charge in [0, 0.05) is 0 Å². The highest BCUT2D eigenvalue weighted by Crippen LogP contribution is 2.25. The fourth-order valence-corrected chi connectivity index (χ4v) is 2.28. The van der Waals surface area contributed by atoms with Gasteiger partial charge in [0.25, 0.3) is 0 Å². The van der Waals surface area contributed by atoms with Gasteiger partial charge < -0.3 is 4.74 Å². The van der Waals surface area contributed by atoms with Crippen molar-refractivity contribution in [3.8, 4) is 5.75 Å². The van der Waals surface area contributed by atoms with Crippen molar-refractivity contribution in [2.45, 2.75) is 6.61 Å². The zero-order chi connectivity index (χ0) is 17.5. The second-order valence-electron chi connectivity index (χ2n) is 5.18. The molecule has 3 aromatic carbocycles. The van der Waals surface area contributed by atoms with Gasteiger partial charge in [-0.15, -0.1) is 0 Å². The molecule has 0 saturated carbocycles. The Morgan fingerprint density at radius 2 is 1.28 bits per heavy atom. The topological polar surface area (TPSA) is 24.8 Å². The summed E-state index contributed by atoms with van der Waals surface area (Å²) in [5.41, 5.74) is 2.61. The van der Waals surface area contributed by atoms with E-state index in [1.165, 1.54) is 12.1 Å². The monoisotopic (exact) mass is 338 g/mol. The smallest absolute Gasteiger partial charge is 0.387 e. The van der Waals surface area contributed by atoms with Crippen LogP contribution in [0.2, 0.25) is 0 Å². The van der Waals surface area contributed by atoms with Crippen LogP contribution in [0, 0.1) is 0 Å². The Balaban J connectivity index is 1.84. The number of halogens is 2. The van der Waals surface area contributed by atoms with Crippen LogP contribution in [0.1, 0.15) is 5.56 Å². The van der Waals surface area contributed by atoms with Gasteiger partial charge in [-0.05, 0) is 54.1 Å². The lowest BCUT2D eigenvalue weighted by Gasteiger charge is -2.19. The molecular formula is C20H16F2N2O. The van der Waals surface area contributed by atoms with Crippen LogP contribution in [-0.2, 0) is 0 Å². The van der Waals surface area contributed by atoms with E-state index in [1.54, 1.807) is 18.3 Å². The zero-order valence-corrected chi connectivity index (χ0v) is 13.3. The first kappa shape index (κ1) is 16.6. The Morgan fingerprint density at radius 1 is 0.760 bits per heavy atom. The Morgan fingerprint density at radius 3 is 1.76 bits per heavy atom. The summed E-state index contributed by atoms with van der Waals surface area (Å²) in [6.07, 6.45) is 1.67. The van der Waals surface area contributed by atoms with Gasteiger partial charge in [0.05, 0.1) is 17.6 Å². The Hall–Kier alpha value is -3.21. The van der Waals surface area contributed by atoms with Gasteiger partial charge in [-0.3, -0.25) is 0 Å². The number of hydrogen-bond acceptors (Lipinski definition) is 3. The Kier molecular flexibility index (Phi) is 5.36. The highest BCUT2D eigenvalue weighted by molar-refractivity contribution is 5.81. The highest BCUT2D eigenvalue weighted by Gasteiger charge is 2.07. The highest BCUT2D eigenvalue weighted by atomic mass is 19.3. The first-order valence-electron chi connectivity index (χ1n) is 7.71. The number of para-hydroxylation sites is 2. The van der Waals surface area contributed by atoms with E-state index in [4.69, 9.17) is 0 Å². The number of benzene rings is 3. The molecule has 0 aromatic heterocycles. The molecule has 0 amide bonds. The zero-order valence-electron chi connectivity index (χ0n) is 13.3. The molecule has 5 heteroatoms. The van der Waals surface area contributed by atoms with Crippen molar-refractivity contribution in [2.75, 3.05) is 5.01 Å². The van der Waals surface area contributed by atoms with E-state index in [-0.39, 0.29) is 5.75 Å². The molecule has 0 aliphatic rings. The van der Waals surface area contributed by atoms with Crippen LogP contribution < -0.4 is 9.75 Å². The van der Waals surface area contributed by atoms with E-state index in [1.807, 2.05) is 65.7 Å². The molecule has 0 aliphatic heterocycles. The summed E-state index contributed by atoms with van der Waals surface area (Å²) in [4.78, 5) is 0. The fourth-order valence-electron chi connectivity index (χ4n) is 2.28. The maximum atomic E-state index is 12.2. The summed E-state index contributed by atoms with van der Waals surface area (Å²) in [7, 11) is 0. The molecule has 0 heterocycles. The third kappa shape index (κ3) is 4.64. The number of hydrogen-bond donors (Lipinski definition) is 0. The molecule has 3 rings (SSSR count). The van der Waals surface area contributed by atoms with Crippen LogP contribution in [0.4, 0.5) is 20.2 Å². The summed E-state index contributed by atoms with van der Waals surface area (Å²) in [6.45, 7) is -2.83. The summed E-state index contributed by atoms with van der Waals surface area (Å²) in [5.74, 6) is 0.120. The molecule has 126 valence electrons. The molecule has 0 atom stereocenters. The largest absolute Gasteiger partial charge is 0.435 e. The minimum atomic E-state index is -2.83. The predicted octanol–water partition coefficient (Wildman–Crippen LogP) is 5.46. The number of rotatable bonds is 6. The maximum absolute atomic E-state index is 12.2. The standard InChI is InChI=1S/C20H16F2N2O/c21-20(22)25-19-13-11-16(12-14-19)15-23-24(17-7-3-1-4-8-17)18-9-5-2-6-10-18/h1-15,20H. The molecule has 3 nitrogen and oxygen atoms in total. The summed E-state index contributed by atoms with van der Waals surface area (Å²) in [6, 6.07) is 25.8. The van der Waals surface area contributed by atoms with Crippen molar-refractivity contribution in [3.05, 3.63) is 90.5 Å². The second kappa shape index (κ2) is 8.06. The van der Waals surface area contributed by atoms with Gasteiger partial charge in [-0.1, -0.05) is 36.4 Å². The number of nitrogens with zero attached hydrogens (tertiary/aromatic N) is 2. The van der Waals surface area contributed by atoms with Crippen molar-refractivity contribution < 1.29 is 13.5 Å². The van der Waals surface area contributed by atoms with Crippen LogP contribution in [0.25, 0.3) is 0 Å². The van der Waals surface area contributed by atoms with E-state index in [9.17, 15) is 8.78 Å². The van der Waals surface area contributed by atoms with Crippen molar-refractivity contribution in [3.63, 3.8) is 0 Å². The molecule has 0 N–H and O–H groups in total. The third-order valence-corrected chi connectivity index (χ3v) is 3.43. The first-order chi connectivity index (χ1) is 12.2. The van der Waals surface area contributed by atoms with E-state index in [2.05, 4.69) is 9.84 Å². The summed E-state index contributed by atoms with van der Waals surface area (Å²) in [5, 5.41) is 6.35. The molecule has 0 bridgehead atoms. The Labute approximate surface area is 144 Å². The summed E-state index contributed by atoms with van der Waals surface area (Å²) >= 11 is 0. The third-order valence-electron chi connectivity index (χ3n) is 3.43. The average Bonchev–Trinajstić information content (AvgIpc) is 2.65. The van der Waals surface area contributed by atoms with Crippen molar-refractivity contribution >= 4 is 17.6 Å². The van der Waals surface area contributed by atoms with Gasteiger partial charge in [-0.25, -0.2) is 5.01 Å². The van der Waals surface area contributed by atoms with Gasteiger partial charge >= 0.3 is 6.61 Å². The van der Waals surface area contributed by atoms with E-state index >= 15 is 0 Å². The normalized spacial score (nSPS) is 11.0. The molecule has 0 fully saturated rings. The van der Waals surface area contributed by atoms with Crippen LogP contribution >= 0.6 is 0 Å². The SMILES string of the molecule is FC(F)Oc1ccc(C=NN(c2ccccc2)c2ccccc2)cc1. The van der Waals surface area contributed by atoms with Crippen LogP contribution in [0.3, 0.4) is 0 Å². The van der Waals surface area contributed by atoms with Crippen molar-refractivity contribution in [1.29, 1.82) is 0 Å². The minimum Gasteiger partial charge on any atom is -0.435 e. The van der Waals surface area contributed by atoms with E-state index < -0.39 is 6.61 Å². The Bertz CT molecular complexity index is 767. The van der Waals surface area contributed by atoms with Crippen LogP contribution in [0.15, 0.2) is 90.0 Å². The fraction of sp³-hybridized carbons (Fsp3) is 0.0500. The number of alkyl halides is 2. The lowest BCUT2D eigenvalue weighted by Crippen LogP contribution is -2.09. The van der Waals surface area contributed by atoms with Gasteiger partial charge in [0.1, 0.15) is 5.75 Å². The summed E-state index contributed by atoms with van der Waals surface area (Å²) < 4.78 is 28.7. The number of anilines is 2. The maximum Gasteiger partial charge on any atom is 0.387 e. The molecule has 0 aliphatic carbocycles. The molecule has 0 unspecified atom stereocenters. The van der Waals surface area contributed by atoms with E-state index in [0.717, 1.165) is 16.9 Å². The van der Waals surface area contributed by atoms with E-state index in [0.29, 0.717) is 0 Å². The van der Waals surface area contributed by atoms with Crippen molar-refractivity contribution in [2.24, 2.45) is 5.10 Å². The first-order valence-corrected chi connectivity index (χ1v) is 7.71. The van der Waals surface area contributed by atoms with Crippen LogP contribution in [-0.4, -0.2) is 12.8 Å².